The Bertz CT molecular complexity index is 748. The average Bonchev–Trinajstić information content (AvgIpc) is 2.88. The van der Waals surface area contributed by atoms with Gasteiger partial charge >= 0.3 is 0 Å². The Balaban J connectivity index is 2.13. The van der Waals surface area contributed by atoms with Crippen LogP contribution in [0.2, 0.25) is 0 Å². The molecule has 1 aromatic carbocycles. The fraction of sp³-hybridized carbons (Fsp3) is 0.0714. The summed E-state index contributed by atoms with van der Waals surface area (Å²) in [5.74, 6) is 0.635. The molecule has 0 aliphatic carbocycles. The monoisotopic (exact) mass is 252 g/mol. The number of carbonyl (C=O) groups excluding carboxylic acids is 1. The molecule has 0 saturated heterocycles. The number of fused-ring (bicyclic) bond motifs is 1. The summed E-state index contributed by atoms with van der Waals surface area (Å²) < 4.78 is 1.78. The number of amides is 1. The number of hydrogen-bond acceptors (Lipinski definition) is 3. The van der Waals surface area contributed by atoms with Gasteiger partial charge in [0.15, 0.2) is 5.82 Å². The summed E-state index contributed by atoms with van der Waals surface area (Å²) in [6.07, 6.45) is 4.31. The van der Waals surface area contributed by atoms with Crippen LogP contribution in [-0.4, -0.2) is 21.0 Å². The third-order valence-electron chi connectivity index (χ3n) is 2.98. The van der Waals surface area contributed by atoms with E-state index < -0.39 is 0 Å². The summed E-state index contributed by atoms with van der Waals surface area (Å²) >= 11 is 0. The summed E-state index contributed by atoms with van der Waals surface area (Å²) in [5, 5.41) is 7.09. The largest absolute Gasteiger partial charge is 0.329 e. The highest BCUT2D eigenvalue weighted by Crippen LogP contribution is 2.23. The number of carbonyl (C=O) groups is 1. The number of rotatable bonds is 3. The number of anilines is 1. The molecule has 0 saturated carbocycles. The fourth-order valence-corrected chi connectivity index (χ4v) is 1.98. The second-order valence-corrected chi connectivity index (χ2v) is 4.25. The van der Waals surface area contributed by atoms with Crippen molar-refractivity contribution in [2.24, 2.45) is 0 Å². The number of nitrogens with zero attached hydrogens (tertiary/aromatic N) is 3. The Morgan fingerprint density at radius 1 is 1.32 bits per heavy atom. The van der Waals surface area contributed by atoms with Crippen molar-refractivity contribution in [2.75, 3.05) is 5.32 Å². The minimum atomic E-state index is 0.635. The van der Waals surface area contributed by atoms with Gasteiger partial charge in [0.05, 0.1) is 11.7 Å². The number of aromatic nitrogens is 3. The van der Waals surface area contributed by atoms with E-state index >= 15 is 0 Å². The Labute approximate surface area is 109 Å². The highest BCUT2D eigenvalue weighted by atomic mass is 16.1. The van der Waals surface area contributed by atoms with Crippen molar-refractivity contribution in [3.63, 3.8) is 0 Å². The molecule has 3 aromatic rings. The smallest absolute Gasteiger partial charge is 0.211 e. The quantitative estimate of drug-likeness (QED) is 0.727. The summed E-state index contributed by atoms with van der Waals surface area (Å²) in [5.41, 5.74) is 3.64. The van der Waals surface area contributed by atoms with E-state index in [4.69, 9.17) is 0 Å². The van der Waals surface area contributed by atoms with Crippen molar-refractivity contribution in [2.45, 2.75) is 6.92 Å². The highest BCUT2D eigenvalue weighted by molar-refractivity contribution is 5.75. The molecule has 0 bridgehead atoms. The maximum Gasteiger partial charge on any atom is 0.211 e. The van der Waals surface area contributed by atoms with E-state index in [1.54, 1.807) is 10.7 Å². The first-order valence-corrected chi connectivity index (χ1v) is 5.89. The van der Waals surface area contributed by atoms with Gasteiger partial charge in [-0.15, -0.1) is 5.10 Å². The third-order valence-corrected chi connectivity index (χ3v) is 2.98. The summed E-state index contributed by atoms with van der Waals surface area (Å²) in [6.45, 7) is 1.99. The van der Waals surface area contributed by atoms with Gasteiger partial charge in [0.25, 0.3) is 0 Å². The van der Waals surface area contributed by atoms with Crippen LogP contribution in [0.15, 0.2) is 42.7 Å². The van der Waals surface area contributed by atoms with Gasteiger partial charge in [-0.05, 0) is 36.8 Å². The van der Waals surface area contributed by atoms with Crippen LogP contribution in [0.5, 0.6) is 0 Å². The Morgan fingerprint density at radius 3 is 3.05 bits per heavy atom. The van der Waals surface area contributed by atoms with Gasteiger partial charge in [-0.1, -0.05) is 6.07 Å². The normalized spacial score (nSPS) is 10.6. The first-order chi connectivity index (χ1) is 9.28. The maximum absolute atomic E-state index is 10.5. The van der Waals surface area contributed by atoms with Crippen LogP contribution in [0.1, 0.15) is 5.56 Å². The van der Waals surface area contributed by atoms with E-state index in [1.165, 1.54) is 0 Å². The molecule has 94 valence electrons. The molecule has 3 rings (SSSR count). The summed E-state index contributed by atoms with van der Waals surface area (Å²) in [4.78, 5) is 14.9. The van der Waals surface area contributed by atoms with Crippen LogP contribution in [0.25, 0.3) is 16.9 Å². The molecule has 1 amide bonds. The predicted octanol–water partition coefficient (Wildman–Crippen LogP) is 2.27. The van der Waals surface area contributed by atoms with Crippen LogP contribution >= 0.6 is 0 Å². The molecule has 2 heterocycles. The van der Waals surface area contributed by atoms with Crippen LogP contribution < -0.4 is 5.32 Å². The zero-order valence-electron chi connectivity index (χ0n) is 10.4. The molecule has 5 nitrogen and oxygen atoms in total. The third kappa shape index (κ3) is 2.06. The molecule has 0 atom stereocenters. The zero-order valence-corrected chi connectivity index (χ0v) is 10.4. The molecule has 1 N–H and O–H groups in total. The molecule has 0 spiro atoms. The van der Waals surface area contributed by atoms with E-state index in [2.05, 4.69) is 15.4 Å². The Kier molecular flexibility index (Phi) is 2.72. The highest BCUT2D eigenvalue weighted by Gasteiger charge is 2.07. The molecule has 0 unspecified atom stereocenters. The van der Waals surface area contributed by atoms with Crippen LogP contribution in [0, 0.1) is 6.92 Å². The SMILES string of the molecule is Cc1ccc(NC=O)cc1-c1ncc2cccn2n1. The van der Waals surface area contributed by atoms with E-state index in [1.807, 2.05) is 43.5 Å². The lowest BCUT2D eigenvalue weighted by atomic mass is 10.1. The second-order valence-electron chi connectivity index (χ2n) is 4.25. The molecule has 0 aliphatic heterocycles. The van der Waals surface area contributed by atoms with Gasteiger partial charge in [0.1, 0.15) is 0 Å². The predicted molar refractivity (Wildman–Crippen MR) is 72.8 cm³/mol. The number of nitrogens with one attached hydrogen (secondary N) is 1. The molecule has 0 aliphatic rings. The number of benzene rings is 1. The van der Waals surface area contributed by atoms with Crippen LogP contribution in [0.3, 0.4) is 0 Å². The standard InChI is InChI=1S/C14H12N4O/c1-10-4-5-11(16-9-19)7-13(10)14-15-8-12-3-2-6-18(12)17-14/h2-9H,1H3,(H,16,19). The minimum Gasteiger partial charge on any atom is -0.329 e. The number of hydrogen-bond donors (Lipinski definition) is 1. The molecule has 2 aromatic heterocycles. The van der Waals surface area contributed by atoms with E-state index in [0.29, 0.717) is 12.2 Å². The van der Waals surface area contributed by atoms with Gasteiger partial charge in [-0.3, -0.25) is 4.79 Å². The second kappa shape index (κ2) is 4.53. The maximum atomic E-state index is 10.5. The van der Waals surface area contributed by atoms with E-state index in [0.717, 1.165) is 22.3 Å². The molecule has 0 fully saturated rings. The van der Waals surface area contributed by atoms with Gasteiger partial charge in [0.2, 0.25) is 6.41 Å². The van der Waals surface area contributed by atoms with Crippen LogP contribution in [0.4, 0.5) is 5.69 Å². The molecular formula is C14H12N4O. The first-order valence-electron chi connectivity index (χ1n) is 5.89. The minimum absolute atomic E-state index is 0.635. The van der Waals surface area contributed by atoms with Gasteiger partial charge in [-0.25, -0.2) is 9.50 Å². The van der Waals surface area contributed by atoms with Crippen molar-refractivity contribution in [3.05, 3.63) is 48.3 Å². The topological polar surface area (TPSA) is 59.3 Å². The van der Waals surface area contributed by atoms with Gasteiger partial charge < -0.3 is 5.32 Å². The van der Waals surface area contributed by atoms with E-state index in [-0.39, 0.29) is 0 Å². The molecular weight excluding hydrogens is 240 g/mol. The summed E-state index contributed by atoms with van der Waals surface area (Å²) in [6, 6.07) is 9.52. The molecule has 19 heavy (non-hydrogen) atoms. The van der Waals surface area contributed by atoms with Crippen LogP contribution in [-0.2, 0) is 4.79 Å². The van der Waals surface area contributed by atoms with Crippen molar-refractivity contribution in [1.82, 2.24) is 14.6 Å². The number of aryl methyl sites for hydroxylation is 1. The van der Waals surface area contributed by atoms with Crippen molar-refractivity contribution >= 4 is 17.6 Å². The molecule has 0 radical (unpaired) electrons. The Morgan fingerprint density at radius 2 is 2.21 bits per heavy atom. The lowest BCUT2D eigenvalue weighted by Gasteiger charge is -2.07. The van der Waals surface area contributed by atoms with Crippen molar-refractivity contribution in [3.8, 4) is 11.4 Å². The average molecular weight is 252 g/mol. The van der Waals surface area contributed by atoms with Crippen molar-refractivity contribution < 1.29 is 4.79 Å². The van der Waals surface area contributed by atoms with Gasteiger partial charge in [-0.2, -0.15) is 0 Å². The Hall–Kier alpha value is -2.69. The first kappa shape index (κ1) is 11.4. The van der Waals surface area contributed by atoms with Gasteiger partial charge in [0, 0.05) is 17.4 Å². The zero-order chi connectivity index (χ0) is 13.2. The lowest BCUT2D eigenvalue weighted by molar-refractivity contribution is -0.105. The molecule has 5 heteroatoms. The fourth-order valence-electron chi connectivity index (χ4n) is 1.98. The van der Waals surface area contributed by atoms with Crippen molar-refractivity contribution in [1.29, 1.82) is 0 Å². The van der Waals surface area contributed by atoms with E-state index in [9.17, 15) is 4.79 Å². The lowest BCUT2D eigenvalue weighted by Crippen LogP contribution is -1.99. The summed E-state index contributed by atoms with van der Waals surface area (Å²) in [7, 11) is 0.